The van der Waals surface area contributed by atoms with Crippen LogP contribution in [-0.2, 0) is 23.7 Å². The van der Waals surface area contributed by atoms with Crippen LogP contribution in [0.15, 0.2) is 12.2 Å². The van der Waals surface area contributed by atoms with Gasteiger partial charge >= 0.3 is 12.1 Å². The minimum atomic E-state index is -0.560. The fourth-order valence-corrected chi connectivity index (χ4v) is 6.82. The van der Waals surface area contributed by atoms with Gasteiger partial charge in [-0.15, -0.1) is 0 Å². The molecular weight excluding hydrogens is 663 g/mol. The van der Waals surface area contributed by atoms with E-state index in [1.54, 1.807) is 0 Å². The zero-order valence-electron chi connectivity index (χ0n) is 36.0. The van der Waals surface area contributed by atoms with E-state index in [1.807, 2.05) is 14.1 Å². The van der Waals surface area contributed by atoms with E-state index in [4.69, 9.17) is 18.9 Å². The van der Waals surface area contributed by atoms with Gasteiger partial charge in [-0.2, -0.15) is 0 Å². The summed E-state index contributed by atoms with van der Waals surface area (Å²) in [5.41, 5.74) is 0. The number of carbonyl (C=O) groups excluding carboxylic acids is 2. The molecule has 0 fully saturated rings. The van der Waals surface area contributed by atoms with Crippen molar-refractivity contribution >= 4 is 12.1 Å². The number of nitrogens with zero attached hydrogens (tertiary/aromatic N) is 1. The Balaban J connectivity index is 4.08. The van der Waals surface area contributed by atoms with Crippen molar-refractivity contribution in [1.82, 2.24) is 4.90 Å². The van der Waals surface area contributed by atoms with Gasteiger partial charge < -0.3 is 23.8 Å². The van der Waals surface area contributed by atoms with Crippen molar-refractivity contribution in [3.8, 4) is 0 Å². The Morgan fingerprint density at radius 2 is 1.00 bits per heavy atom. The van der Waals surface area contributed by atoms with Crippen LogP contribution in [0.5, 0.6) is 0 Å². The molecule has 0 bridgehead atoms. The Labute approximate surface area is 329 Å². The molecule has 0 aromatic rings. The van der Waals surface area contributed by atoms with E-state index in [2.05, 4.69) is 30.9 Å². The van der Waals surface area contributed by atoms with Gasteiger partial charge in [-0.25, -0.2) is 4.79 Å². The molecule has 314 valence electrons. The molecule has 53 heavy (non-hydrogen) atoms. The molecule has 0 saturated carbocycles. The van der Waals surface area contributed by atoms with Crippen LogP contribution in [0.1, 0.15) is 220 Å². The van der Waals surface area contributed by atoms with E-state index in [-0.39, 0.29) is 18.2 Å². The lowest BCUT2D eigenvalue weighted by Gasteiger charge is -2.18. The smallest absolute Gasteiger partial charge is 0.462 e. The van der Waals surface area contributed by atoms with E-state index in [1.165, 1.54) is 148 Å². The molecule has 0 amide bonds. The first-order valence-corrected chi connectivity index (χ1v) is 22.8. The summed E-state index contributed by atoms with van der Waals surface area (Å²) in [6.07, 6.45) is 41.7. The number of allylic oxidation sites excluding steroid dienone is 1. The van der Waals surface area contributed by atoms with Gasteiger partial charge in [0.1, 0.15) is 12.2 Å². The second-order valence-corrected chi connectivity index (χ2v) is 15.9. The molecule has 0 heterocycles. The van der Waals surface area contributed by atoms with Gasteiger partial charge in [0.05, 0.1) is 13.2 Å². The van der Waals surface area contributed by atoms with Crippen molar-refractivity contribution < 1.29 is 28.5 Å². The highest BCUT2D eigenvalue weighted by Gasteiger charge is 2.16. The molecule has 0 spiro atoms. The third kappa shape index (κ3) is 41.4. The Morgan fingerprint density at radius 1 is 0.528 bits per heavy atom. The summed E-state index contributed by atoms with van der Waals surface area (Å²) in [7, 11) is 4.04. The first-order valence-electron chi connectivity index (χ1n) is 22.8. The highest BCUT2D eigenvalue weighted by Crippen LogP contribution is 2.17. The van der Waals surface area contributed by atoms with Crippen molar-refractivity contribution in [1.29, 1.82) is 0 Å². The molecule has 0 aliphatic carbocycles. The van der Waals surface area contributed by atoms with Crippen molar-refractivity contribution in [2.24, 2.45) is 0 Å². The first-order chi connectivity index (χ1) is 25.9. The Morgan fingerprint density at radius 3 is 1.53 bits per heavy atom. The lowest BCUT2D eigenvalue weighted by Crippen LogP contribution is -2.25. The van der Waals surface area contributed by atoms with Crippen molar-refractivity contribution in [2.75, 3.05) is 40.5 Å². The maximum Gasteiger partial charge on any atom is 0.508 e. The van der Waals surface area contributed by atoms with Gasteiger partial charge in [0.15, 0.2) is 0 Å². The van der Waals surface area contributed by atoms with Crippen molar-refractivity contribution in [3.05, 3.63) is 12.2 Å². The molecule has 0 aliphatic rings. The lowest BCUT2D eigenvalue weighted by atomic mass is 10.0. The fourth-order valence-electron chi connectivity index (χ4n) is 6.82. The number of rotatable bonds is 41. The fraction of sp³-hybridized carbons (Fsp3) is 0.913. The van der Waals surface area contributed by atoms with Crippen LogP contribution in [0, 0.1) is 0 Å². The molecule has 0 unspecified atom stereocenters. The van der Waals surface area contributed by atoms with Crippen LogP contribution in [0.3, 0.4) is 0 Å². The van der Waals surface area contributed by atoms with Crippen molar-refractivity contribution in [3.63, 3.8) is 0 Å². The maximum absolute atomic E-state index is 12.4. The Bertz CT molecular complexity index is 803. The topological polar surface area (TPSA) is 74.3 Å². The average molecular weight is 752 g/mol. The number of esters is 1. The highest BCUT2D eigenvalue weighted by molar-refractivity contribution is 5.66. The molecular formula is C46H89NO6. The van der Waals surface area contributed by atoms with E-state index >= 15 is 0 Å². The van der Waals surface area contributed by atoms with Gasteiger partial charge in [-0.1, -0.05) is 167 Å². The minimum Gasteiger partial charge on any atom is -0.462 e. The summed E-state index contributed by atoms with van der Waals surface area (Å²) in [6, 6.07) is 0. The average Bonchev–Trinajstić information content (AvgIpc) is 3.13. The van der Waals surface area contributed by atoms with Gasteiger partial charge in [0, 0.05) is 26.5 Å². The summed E-state index contributed by atoms with van der Waals surface area (Å²) in [5.74, 6) is -0.172. The van der Waals surface area contributed by atoms with Crippen LogP contribution >= 0.6 is 0 Å². The summed E-state index contributed by atoms with van der Waals surface area (Å²) in [4.78, 5) is 25.9. The molecule has 2 atom stereocenters. The molecule has 0 aliphatic heterocycles. The molecule has 7 nitrogen and oxygen atoms in total. The predicted molar refractivity (Wildman–Crippen MR) is 225 cm³/mol. The molecule has 0 radical (unpaired) electrons. The van der Waals surface area contributed by atoms with Gasteiger partial charge in [0.25, 0.3) is 0 Å². The summed E-state index contributed by atoms with van der Waals surface area (Å²) < 4.78 is 22.6. The molecule has 0 saturated heterocycles. The molecule has 0 aromatic heterocycles. The molecule has 0 N–H and O–H groups in total. The van der Waals surface area contributed by atoms with Gasteiger partial charge in [0.2, 0.25) is 0 Å². The maximum atomic E-state index is 12.4. The van der Waals surface area contributed by atoms with Crippen molar-refractivity contribution in [2.45, 2.75) is 232 Å². The second-order valence-electron chi connectivity index (χ2n) is 15.9. The summed E-state index contributed by atoms with van der Waals surface area (Å²) in [6.45, 7) is 8.44. The number of unbranched alkanes of at least 4 members (excludes halogenated alkanes) is 24. The van der Waals surface area contributed by atoms with E-state index < -0.39 is 6.16 Å². The van der Waals surface area contributed by atoms with Crippen LogP contribution in [0.4, 0.5) is 4.79 Å². The predicted octanol–water partition coefficient (Wildman–Crippen LogP) is 13.7. The minimum absolute atomic E-state index is 0.0235. The SMILES string of the molecule is CCCCCCCCCCCCCCCCCC[C@H](COCCCCCCCCC=CC[C@@H](CCCCCC)OC(C)=O)OC(=O)OCCCN(C)C. The zero-order valence-corrected chi connectivity index (χ0v) is 36.0. The zero-order chi connectivity index (χ0) is 38.9. The molecule has 7 heteroatoms. The third-order valence-electron chi connectivity index (χ3n) is 10.1. The lowest BCUT2D eigenvalue weighted by molar-refractivity contribution is -0.146. The summed E-state index contributed by atoms with van der Waals surface area (Å²) >= 11 is 0. The van der Waals surface area contributed by atoms with E-state index in [0.29, 0.717) is 19.8 Å². The first kappa shape index (κ1) is 51.4. The number of hydrogen-bond acceptors (Lipinski definition) is 7. The quantitative estimate of drug-likeness (QED) is 0.0350. The molecule has 0 aromatic carbocycles. The summed E-state index contributed by atoms with van der Waals surface area (Å²) in [5, 5.41) is 0. The third-order valence-corrected chi connectivity index (χ3v) is 10.1. The highest BCUT2D eigenvalue weighted by atomic mass is 16.7. The Kier molecular flexibility index (Phi) is 40.3. The number of hydrogen-bond donors (Lipinski definition) is 0. The van der Waals surface area contributed by atoms with Crippen LogP contribution < -0.4 is 0 Å². The van der Waals surface area contributed by atoms with Crippen LogP contribution in [-0.4, -0.2) is 69.7 Å². The van der Waals surface area contributed by atoms with Gasteiger partial charge in [-0.3, -0.25) is 4.79 Å². The monoisotopic (exact) mass is 752 g/mol. The Hall–Kier alpha value is -1.60. The normalized spacial score (nSPS) is 12.8. The molecule has 0 rings (SSSR count). The van der Waals surface area contributed by atoms with Crippen LogP contribution in [0.2, 0.25) is 0 Å². The van der Waals surface area contributed by atoms with Crippen LogP contribution in [0.25, 0.3) is 0 Å². The standard InChI is InChI=1S/C46H89NO6/c1-6-8-10-12-13-14-15-16-17-18-19-20-22-26-29-33-38-45(53-46(49)51-41-35-39-47(4)5)42-50-40-34-30-27-24-21-23-25-28-32-37-44(52-43(3)48)36-31-11-9-7-2/h28,32,44-45H,6-27,29-31,33-42H2,1-5H3/t44-,45-/m1/s1. The van der Waals surface area contributed by atoms with Gasteiger partial charge in [-0.05, 0) is 65.5 Å². The largest absolute Gasteiger partial charge is 0.508 e. The van der Waals surface area contributed by atoms with E-state index in [0.717, 1.165) is 64.3 Å². The number of carbonyl (C=O) groups is 2. The number of ether oxygens (including phenoxy) is 4. The van der Waals surface area contributed by atoms with E-state index in [9.17, 15) is 9.59 Å². The second kappa shape index (κ2) is 41.6.